The van der Waals surface area contributed by atoms with Crippen LogP contribution in [0.1, 0.15) is 12.5 Å². The van der Waals surface area contributed by atoms with Gasteiger partial charge in [-0.05, 0) is 24.6 Å². The van der Waals surface area contributed by atoms with Gasteiger partial charge in [0.25, 0.3) is 0 Å². The molecular formula is C12H13NO6. The van der Waals surface area contributed by atoms with Gasteiger partial charge in [0.05, 0.1) is 18.6 Å². The fourth-order valence-corrected chi connectivity index (χ4v) is 1.26. The summed E-state index contributed by atoms with van der Waals surface area (Å²) in [6, 6.07) is 4.57. The lowest BCUT2D eigenvalue weighted by atomic mass is 10.2. The third kappa shape index (κ3) is 4.66. The summed E-state index contributed by atoms with van der Waals surface area (Å²) in [4.78, 5) is 20.9. The van der Waals surface area contributed by atoms with Gasteiger partial charge in [-0.3, -0.25) is 10.1 Å². The van der Waals surface area contributed by atoms with Crippen molar-refractivity contribution in [3.63, 3.8) is 0 Å². The van der Waals surface area contributed by atoms with Gasteiger partial charge in [-0.2, -0.15) is 0 Å². The van der Waals surface area contributed by atoms with Crippen molar-refractivity contribution in [2.24, 2.45) is 0 Å². The molecule has 0 amide bonds. The number of carbonyl (C=O) groups is 1. The molecule has 7 heteroatoms. The van der Waals surface area contributed by atoms with E-state index in [2.05, 4.69) is 4.74 Å². The average molecular weight is 267 g/mol. The van der Waals surface area contributed by atoms with Gasteiger partial charge in [0, 0.05) is 6.08 Å². The van der Waals surface area contributed by atoms with E-state index in [0.29, 0.717) is 11.3 Å². The van der Waals surface area contributed by atoms with Crippen molar-refractivity contribution in [1.29, 1.82) is 0 Å². The Morgan fingerprint density at radius 3 is 2.74 bits per heavy atom. The highest BCUT2D eigenvalue weighted by molar-refractivity contribution is 5.66. The van der Waals surface area contributed by atoms with E-state index in [1.54, 1.807) is 13.0 Å². The smallest absolute Gasteiger partial charge is 0.493 e. The molecule has 0 aromatic heterocycles. The Kier molecular flexibility index (Phi) is 5.34. The number of carbonyl (C=O) groups excluding carboxylic acids is 1. The van der Waals surface area contributed by atoms with E-state index in [9.17, 15) is 14.9 Å². The van der Waals surface area contributed by atoms with E-state index in [-0.39, 0.29) is 12.4 Å². The molecule has 1 rings (SSSR count). The zero-order valence-electron chi connectivity index (χ0n) is 10.5. The van der Waals surface area contributed by atoms with Crippen molar-refractivity contribution in [3.8, 4) is 11.5 Å². The lowest BCUT2D eigenvalue weighted by Crippen LogP contribution is -2.10. The van der Waals surface area contributed by atoms with Gasteiger partial charge >= 0.3 is 6.16 Å². The Morgan fingerprint density at radius 1 is 1.42 bits per heavy atom. The average Bonchev–Trinajstić information content (AvgIpc) is 2.36. The Labute approximate surface area is 109 Å². The van der Waals surface area contributed by atoms with E-state index in [4.69, 9.17) is 9.47 Å². The van der Waals surface area contributed by atoms with E-state index < -0.39 is 11.1 Å². The van der Waals surface area contributed by atoms with Crippen LogP contribution in [0, 0.1) is 10.1 Å². The largest absolute Gasteiger partial charge is 0.513 e. The molecule has 0 heterocycles. The first-order chi connectivity index (χ1) is 9.06. The third-order valence-corrected chi connectivity index (χ3v) is 2.03. The quantitative estimate of drug-likeness (QED) is 0.352. The molecule has 1 aromatic carbocycles. The Hall–Kier alpha value is -2.57. The topological polar surface area (TPSA) is 87.9 Å². The lowest BCUT2D eigenvalue weighted by molar-refractivity contribution is -0.400. The number of methoxy groups -OCH3 is 1. The number of benzene rings is 1. The van der Waals surface area contributed by atoms with E-state index in [1.807, 2.05) is 0 Å². The number of nitrogens with zero attached hydrogens (tertiary/aromatic N) is 1. The summed E-state index contributed by atoms with van der Waals surface area (Å²) in [6.45, 7) is 1.83. The molecule has 0 fully saturated rings. The monoisotopic (exact) mass is 267 g/mol. The summed E-state index contributed by atoms with van der Waals surface area (Å²) in [7, 11) is 1.42. The van der Waals surface area contributed by atoms with Crippen LogP contribution in [0.2, 0.25) is 0 Å². The highest BCUT2D eigenvalue weighted by Crippen LogP contribution is 2.28. The predicted octanol–water partition coefficient (Wildman–Crippen LogP) is 2.48. The van der Waals surface area contributed by atoms with Crippen molar-refractivity contribution in [2.75, 3.05) is 13.7 Å². The number of hydrogen-bond acceptors (Lipinski definition) is 6. The van der Waals surface area contributed by atoms with Gasteiger partial charge in [0.1, 0.15) is 0 Å². The molecule has 19 heavy (non-hydrogen) atoms. The molecule has 0 aliphatic rings. The molecule has 0 unspecified atom stereocenters. The van der Waals surface area contributed by atoms with Crippen LogP contribution in [0.4, 0.5) is 4.79 Å². The van der Waals surface area contributed by atoms with E-state index >= 15 is 0 Å². The minimum Gasteiger partial charge on any atom is -0.493 e. The Bertz CT molecular complexity index is 497. The maximum Gasteiger partial charge on any atom is 0.513 e. The van der Waals surface area contributed by atoms with Gasteiger partial charge in [-0.15, -0.1) is 0 Å². The minimum absolute atomic E-state index is 0.131. The van der Waals surface area contributed by atoms with Crippen molar-refractivity contribution in [3.05, 3.63) is 40.1 Å². The Balaban J connectivity index is 2.95. The molecule has 0 saturated carbocycles. The number of rotatable bonds is 5. The zero-order valence-corrected chi connectivity index (χ0v) is 10.5. The van der Waals surface area contributed by atoms with E-state index in [1.165, 1.54) is 25.3 Å². The SMILES string of the molecule is CCOC(=O)Oc1cc(C=C[N+](=O)[O-])ccc1OC. The molecule has 0 spiro atoms. The van der Waals surface area contributed by atoms with Crippen LogP contribution < -0.4 is 9.47 Å². The normalized spacial score (nSPS) is 10.2. The van der Waals surface area contributed by atoms with Crippen LogP contribution in [-0.4, -0.2) is 24.8 Å². The first-order valence-corrected chi connectivity index (χ1v) is 5.41. The van der Waals surface area contributed by atoms with Crippen LogP contribution in [0.5, 0.6) is 11.5 Å². The Morgan fingerprint density at radius 2 is 2.16 bits per heavy atom. The van der Waals surface area contributed by atoms with Crippen LogP contribution in [0.25, 0.3) is 6.08 Å². The van der Waals surface area contributed by atoms with Gasteiger partial charge in [0.2, 0.25) is 6.20 Å². The molecule has 0 radical (unpaired) electrons. The number of ether oxygens (including phenoxy) is 3. The molecule has 0 aliphatic heterocycles. The summed E-state index contributed by atoms with van der Waals surface area (Å²) in [5.74, 6) is 0.456. The summed E-state index contributed by atoms with van der Waals surface area (Å²) in [5, 5.41) is 10.2. The van der Waals surface area contributed by atoms with Crippen molar-refractivity contribution in [1.82, 2.24) is 0 Å². The highest BCUT2D eigenvalue weighted by atomic mass is 16.7. The summed E-state index contributed by atoms with van der Waals surface area (Å²) >= 11 is 0. The second-order valence-electron chi connectivity index (χ2n) is 3.30. The standard InChI is InChI=1S/C12H13NO6/c1-3-18-12(14)19-11-8-9(6-7-13(15)16)4-5-10(11)17-2/h4-8H,3H2,1-2H3. The van der Waals surface area contributed by atoms with E-state index in [0.717, 1.165) is 6.20 Å². The molecule has 0 N–H and O–H groups in total. The molecule has 0 saturated heterocycles. The molecule has 7 nitrogen and oxygen atoms in total. The van der Waals surface area contributed by atoms with Crippen LogP contribution in [-0.2, 0) is 4.74 Å². The molecule has 0 aliphatic carbocycles. The van der Waals surface area contributed by atoms with Crippen molar-refractivity contribution in [2.45, 2.75) is 6.92 Å². The van der Waals surface area contributed by atoms with Crippen LogP contribution >= 0.6 is 0 Å². The summed E-state index contributed by atoms with van der Waals surface area (Å²) in [6.07, 6.45) is 1.20. The highest BCUT2D eigenvalue weighted by Gasteiger charge is 2.11. The first kappa shape index (κ1) is 14.5. The number of nitro groups is 1. The van der Waals surface area contributed by atoms with Crippen LogP contribution in [0.3, 0.4) is 0 Å². The maximum absolute atomic E-state index is 11.2. The molecule has 102 valence electrons. The summed E-state index contributed by atoms with van der Waals surface area (Å²) in [5.41, 5.74) is 0.497. The molecule has 0 atom stereocenters. The predicted molar refractivity (Wildman–Crippen MR) is 66.7 cm³/mol. The number of hydrogen-bond donors (Lipinski definition) is 0. The summed E-state index contributed by atoms with van der Waals surface area (Å²) < 4.78 is 14.6. The van der Waals surface area contributed by atoms with Crippen molar-refractivity contribution >= 4 is 12.2 Å². The molecule has 0 bridgehead atoms. The maximum atomic E-state index is 11.2. The van der Waals surface area contributed by atoms with Gasteiger partial charge in [0.15, 0.2) is 11.5 Å². The fraction of sp³-hybridized carbons (Fsp3) is 0.250. The third-order valence-electron chi connectivity index (χ3n) is 2.03. The first-order valence-electron chi connectivity index (χ1n) is 5.41. The fourth-order valence-electron chi connectivity index (χ4n) is 1.26. The lowest BCUT2D eigenvalue weighted by Gasteiger charge is -2.09. The van der Waals surface area contributed by atoms with Gasteiger partial charge in [-0.25, -0.2) is 4.79 Å². The second kappa shape index (κ2) is 7.00. The minimum atomic E-state index is -0.865. The van der Waals surface area contributed by atoms with Gasteiger partial charge < -0.3 is 14.2 Å². The van der Waals surface area contributed by atoms with Crippen molar-refractivity contribution < 1.29 is 23.9 Å². The second-order valence-corrected chi connectivity index (χ2v) is 3.30. The van der Waals surface area contributed by atoms with Gasteiger partial charge in [-0.1, -0.05) is 6.07 Å². The van der Waals surface area contributed by atoms with Crippen LogP contribution in [0.15, 0.2) is 24.4 Å². The molecular weight excluding hydrogens is 254 g/mol. The molecule has 1 aromatic rings. The zero-order chi connectivity index (χ0) is 14.3.